The lowest BCUT2D eigenvalue weighted by atomic mass is 10.0. The number of benzene rings is 2. The molecule has 2 aliphatic heterocycles. The Kier molecular flexibility index (Phi) is 3.62. The first kappa shape index (κ1) is 17.0. The van der Waals surface area contributed by atoms with E-state index in [9.17, 15) is 27.2 Å². The topological polar surface area (TPSA) is 67.8 Å². The summed E-state index contributed by atoms with van der Waals surface area (Å²) in [5, 5.41) is 0.118. The van der Waals surface area contributed by atoms with Gasteiger partial charge in [0.2, 0.25) is 0 Å². The number of nitrogens with one attached hydrogen (secondary N) is 1. The van der Waals surface area contributed by atoms with Crippen LogP contribution in [0.1, 0.15) is 5.56 Å². The molecule has 0 fully saturated rings. The fourth-order valence-corrected chi connectivity index (χ4v) is 3.01. The summed E-state index contributed by atoms with van der Waals surface area (Å²) < 4.78 is 55.2. The molecular weight excluding hydrogens is 366 g/mol. The minimum Gasteiger partial charge on any atom is -0.293 e. The van der Waals surface area contributed by atoms with Crippen molar-refractivity contribution in [2.75, 3.05) is 0 Å². The third-order valence-electron chi connectivity index (χ3n) is 4.11. The fraction of sp³-hybridized carbons (Fsp3) is 0.0556. The van der Waals surface area contributed by atoms with Gasteiger partial charge in [-0.15, -0.1) is 0 Å². The Balaban J connectivity index is 2.29. The van der Waals surface area contributed by atoms with Crippen LogP contribution in [0.2, 0.25) is 0 Å². The van der Waals surface area contributed by atoms with Gasteiger partial charge < -0.3 is 0 Å². The van der Waals surface area contributed by atoms with Gasteiger partial charge in [-0.2, -0.15) is 18.2 Å². The average Bonchev–Trinajstić information content (AvgIpc) is 2.60. The molecule has 2 aromatic carbocycles. The molecule has 0 unspecified atom stereocenters. The quantitative estimate of drug-likeness (QED) is 0.410. The van der Waals surface area contributed by atoms with Crippen molar-refractivity contribution < 1.29 is 17.6 Å². The second-order valence-corrected chi connectivity index (χ2v) is 5.81. The summed E-state index contributed by atoms with van der Waals surface area (Å²) in [6.07, 6.45) is -4.70. The molecule has 27 heavy (non-hydrogen) atoms. The lowest BCUT2D eigenvalue weighted by molar-refractivity contribution is -0.136. The Bertz CT molecular complexity index is 1260. The van der Waals surface area contributed by atoms with Gasteiger partial charge >= 0.3 is 11.9 Å². The Labute approximate surface area is 147 Å². The zero-order chi connectivity index (χ0) is 19.3. The second-order valence-electron chi connectivity index (χ2n) is 5.81. The maximum Gasteiger partial charge on any atom is 0.418 e. The summed E-state index contributed by atoms with van der Waals surface area (Å²) >= 11 is 0. The summed E-state index contributed by atoms with van der Waals surface area (Å²) in [7, 11) is 0. The van der Waals surface area contributed by atoms with Crippen molar-refractivity contribution in [2.45, 2.75) is 6.18 Å². The highest BCUT2D eigenvalue weighted by atomic mass is 19.4. The third-order valence-corrected chi connectivity index (χ3v) is 4.11. The monoisotopic (exact) mass is 375 g/mol. The van der Waals surface area contributed by atoms with Crippen LogP contribution in [0.15, 0.2) is 58.1 Å². The molecule has 136 valence electrons. The van der Waals surface area contributed by atoms with Crippen LogP contribution >= 0.6 is 0 Å². The molecule has 0 saturated carbocycles. The lowest BCUT2D eigenvalue weighted by Gasteiger charge is -2.20. The number of pyridine rings is 1. The molecule has 4 rings (SSSR count). The molecule has 2 heterocycles. The summed E-state index contributed by atoms with van der Waals surface area (Å²) in [5.41, 5.74) is -2.97. The van der Waals surface area contributed by atoms with Crippen LogP contribution < -0.4 is 11.2 Å². The molecule has 1 N–H and O–H groups in total. The zero-order valence-electron chi connectivity index (χ0n) is 13.3. The van der Waals surface area contributed by atoms with E-state index in [1.807, 2.05) is 4.98 Å². The first-order chi connectivity index (χ1) is 12.8. The first-order valence-corrected chi connectivity index (χ1v) is 7.67. The van der Waals surface area contributed by atoms with Crippen molar-refractivity contribution in [1.82, 2.24) is 14.5 Å². The number of halogens is 4. The van der Waals surface area contributed by atoms with E-state index in [4.69, 9.17) is 0 Å². The number of para-hydroxylation sites is 1. The van der Waals surface area contributed by atoms with E-state index >= 15 is 0 Å². The first-order valence-electron chi connectivity index (χ1n) is 7.67. The molecule has 0 aromatic heterocycles. The fourth-order valence-electron chi connectivity index (χ4n) is 3.01. The summed E-state index contributed by atoms with van der Waals surface area (Å²) in [6, 6.07) is 9.38. The number of nitrogens with zero attached hydrogens (tertiary/aromatic N) is 2. The molecule has 2 aliphatic rings. The molecule has 0 aliphatic carbocycles. The molecule has 9 heteroatoms. The van der Waals surface area contributed by atoms with Gasteiger partial charge in [0.1, 0.15) is 5.82 Å². The van der Waals surface area contributed by atoms with Crippen LogP contribution in [0.25, 0.3) is 28.0 Å². The van der Waals surface area contributed by atoms with Crippen molar-refractivity contribution in [3.63, 3.8) is 0 Å². The van der Waals surface area contributed by atoms with E-state index in [1.54, 1.807) is 0 Å². The van der Waals surface area contributed by atoms with Gasteiger partial charge in [-0.05, 0) is 36.4 Å². The predicted octanol–water partition coefficient (Wildman–Crippen LogP) is 3.34. The van der Waals surface area contributed by atoms with Gasteiger partial charge in [-0.1, -0.05) is 12.1 Å². The number of rotatable bonds is 1. The van der Waals surface area contributed by atoms with E-state index in [2.05, 4.69) is 4.98 Å². The highest BCUT2D eigenvalue weighted by Crippen LogP contribution is 2.38. The maximum atomic E-state index is 13.6. The Hall–Kier alpha value is -3.49. The minimum atomic E-state index is -4.70. The zero-order valence-corrected chi connectivity index (χ0v) is 13.3. The normalized spacial score (nSPS) is 12.0. The van der Waals surface area contributed by atoms with Gasteiger partial charge in [-0.3, -0.25) is 14.3 Å². The maximum absolute atomic E-state index is 13.6. The van der Waals surface area contributed by atoms with E-state index in [1.165, 1.54) is 30.3 Å². The molecule has 0 atom stereocenters. The van der Waals surface area contributed by atoms with E-state index in [-0.39, 0.29) is 28.0 Å². The Morgan fingerprint density at radius 2 is 1.70 bits per heavy atom. The average molecular weight is 375 g/mol. The van der Waals surface area contributed by atoms with Crippen molar-refractivity contribution in [2.24, 2.45) is 0 Å². The van der Waals surface area contributed by atoms with E-state index < -0.39 is 28.8 Å². The van der Waals surface area contributed by atoms with Crippen molar-refractivity contribution in [3.05, 3.63) is 80.7 Å². The molecule has 2 aromatic rings. The van der Waals surface area contributed by atoms with Crippen LogP contribution in [0.5, 0.6) is 0 Å². The Morgan fingerprint density at radius 3 is 2.37 bits per heavy atom. The largest absolute Gasteiger partial charge is 0.418 e. The summed E-state index contributed by atoms with van der Waals surface area (Å²) in [4.78, 5) is 29.6. The highest BCUT2D eigenvalue weighted by Gasteiger charge is 2.34. The van der Waals surface area contributed by atoms with Gasteiger partial charge in [0.25, 0.3) is 5.56 Å². The number of H-pyrrole nitrogens is 1. The molecule has 5 nitrogen and oxygen atoms in total. The molecule has 0 amide bonds. The smallest absolute Gasteiger partial charge is 0.293 e. The van der Waals surface area contributed by atoms with Crippen molar-refractivity contribution in [3.8, 4) is 17.1 Å². The number of aromatic nitrogens is 3. The summed E-state index contributed by atoms with van der Waals surface area (Å²) in [6.45, 7) is 0. The van der Waals surface area contributed by atoms with Gasteiger partial charge in [0.05, 0.1) is 16.6 Å². The van der Waals surface area contributed by atoms with E-state index in [0.717, 1.165) is 22.8 Å². The van der Waals surface area contributed by atoms with Gasteiger partial charge in [0.15, 0.2) is 5.82 Å². The SMILES string of the molecule is O=c1nc2n(-c3ccc(F)cc3)c3c(C(F)(F)F)cccc3cc-2c(=O)[nH]1. The molecule has 0 spiro atoms. The van der Waals surface area contributed by atoms with Gasteiger partial charge in [-0.25, -0.2) is 9.18 Å². The van der Waals surface area contributed by atoms with Crippen molar-refractivity contribution in [1.29, 1.82) is 0 Å². The lowest BCUT2D eigenvalue weighted by Crippen LogP contribution is -2.27. The number of aromatic amines is 1. The van der Waals surface area contributed by atoms with E-state index in [0.29, 0.717) is 0 Å². The highest BCUT2D eigenvalue weighted by molar-refractivity contribution is 5.90. The predicted molar refractivity (Wildman–Crippen MR) is 89.5 cm³/mol. The molecule has 0 bridgehead atoms. The number of hydrogen-bond donors (Lipinski definition) is 1. The second kappa shape index (κ2) is 5.76. The number of alkyl halides is 3. The number of hydrogen-bond acceptors (Lipinski definition) is 3. The standard InChI is InChI=1S/C18H9F4N3O2/c19-10-4-6-11(7-5-10)25-14-9(2-1-3-13(14)18(20,21)22)8-12-15(25)23-17(27)24-16(12)26/h1-8H,(H,24,26,27). The van der Waals surface area contributed by atoms with Crippen LogP contribution in [0.3, 0.4) is 0 Å². The van der Waals surface area contributed by atoms with Gasteiger partial charge in [0, 0.05) is 11.1 Å². The molecule has 0 radical (unpaired) electrons. The number of fused-ring (bicyclic) bond motifs is 2. The van der Waals surface area contributed by atoms with Crippen LogP contribution in [0, 0.1) is 5.82 Å². The minimum absolute atomic E-state index is 0.0641. The van der Waals surface area contributed by atoms with Crippen molar-refractivity contribution >= 4 is 10.9 Å². The van der Waals surface area contributed by atoms with Crippen LogP contribution in [-0.4, -0.2) is 14.5 Å². The van der Waals surface area contributed by atoms with Crippen LogP contribution in [0.4, 0.5) is 17.6 Å². The van der Waals surface area contributed by atoms with Crippen LogP contribution in [-0.2, 0) is 6.18 Å². The third kappa shape index (κ3) is 2.77. The molecular formula is C18H9F4N3O2. The summed E-state index contributed by atoms with van der Waals surface area (Å²) in [5.74, 6) is -0.838. The molecule has 0 saturated heterocycles. The Morgan fingerprint density at radius 1 is 1.00 bits per heavy atom.